The molecule has 0 aromatic heterocycles. The van der Waals surface area contributed by atoms with Gasteiger partial charge in [0.15, 0.2) is 0 Å². The molecule has 0 N–H and O–H groups in total. The topological polar surface area (TPSA) is 0 Å². The third kappa shape index (κ3) is 5.30. The Kier molecular flexibility index (Phi) is 7.60. The molecule has 0 radical (unpaired) electrons. The summed E-state index contributed by atoms with van der Waals surface area (Å²) in [5, 5.41) is 12.6. The highest BCUT2D eigenvalue weighted by Crippen LogP contribution is 2.46. The van der Waals surface area contributed by atoms with E-state index in [2.05, 4.69) is 218 Å². The lowest BCUT2D eigenvalue weighted by Gasteiger charge is -2.19. The third-order valence-electron chi connectivity index (χ3n) is 11.7. The van der Waals surface area contributed by atoms with E-state index >= 15 is 0 Å². The zero-order chi connectivity index (χ0) is 37.0. The molecule has 0 heteroatoms. The van der Waals surface area contributed by atoms with Gasteiger partial charge in [0.25, 0.3) is 0 Å². The lowest BCUT2D eigenvalue weighted by atomic mass is 9.84. The van der Waals surface area contributed by atoms with Crippen molar-refractivity contribution in [1.82, 2.24) is 0 Å². The molecule has 11 aromatic rings. The zero-order valence-corrected chi connectivity index (χ0v) is 30.8. The molecule has 0 aliphatic rings. The summed E-state index contributed by atoms with van der Waals surface area (Å²) in [7, 11) is 0. The van der Waals surface area contributed by atoms with Gasteiger partial charge < -0.3 is 0 Å². The van der Waals surface area contributed by atoms with Gasteiger partial charge in [-0.25, -0.2) is 0 Å². The van der Waals surface area contributed by atoms with E-state index in [4.69, 9.17) is 0 Å². The number of fused-ring (bicyclic) bond motifs is 5. The first kappa shape index (κ1) is 32.2. The molecule has 0 nitrogen and oxygen atoms in total. The van der Waals surface area contributed by atoms with Gasteiger partial charge in [0.2, 0.25) is 0 Å². The van der Waals surface area contributed by atoms with Crippen LogP contribution in [0, 0.1) is 0 Å². The second kappa shape index (κ2) is 13.2. The van der Waals surface area contributed by atoms with Crippen LogP contribution in [0.4, 0.5) is 0 Å². The molecule has 0 amide bonds. The summed E-state index contributed by atoms with van der Waals surface area (Å²) in [6.07, 6.45) is 0. The second-order valence-electron chi connectivity index (χ2n) is 14.8. The molecule has 0 bridgehead atoms. The van der Waals surface area contributed by atoms with Crippen LogP contribution >= 0.6 is 0 Å². The molecule has 0 heterocycles. The second-order valence-corrected chi connectivity index (χ2v) is 14.8. The molecule has 0 fully saturated rings. The standard InChI is InChI=1S/C56H36/c1-4-18-45-37(12-1)15-9-23-48(45)40-26-30-42(31-27-40)55-51-21-7-8-22-52(51)56(43-32-28-41(29-33-43)49-24-10-16-38-13-2-5-19-46(38)49)54-36-44(34-35-53(54)55)50-25-11-17-39-14-3-6-20-47(39)50/h1-36H. The fourth-order valence-electron chi connectivity index (χ4n) is 9.03. The molecule has 0 unspecified atom stereocenters. The number of hydrogen-bond donors (Lipinski definition) is 0. The molecular weight excluding hydrogens is 673 g/mol. The van der Waals surface area contributed by atoms with Crippen LogP contribution in [0.5, 0.6) is 0 Å². The van der Waals surface area contributed by atoms with E-state index in [0.29, 0.717) is 0 Å². The van der Waals surface area contributed by atoms with Gasteiger partial charge in [-0.3, -0.25) is 0 Å². The first-order valence-electron chi connectivity index (χ1n) is 19.4. The highest BCUT2D eigenvalue weighted by molar-refractivity contribution is 6.22. The van der Waals surface area contributed by atoms with Gasteiger partial charge in [-0.05, 0) is 116 Å². The minimum Gasteiger partial charge on any atom is -0.0616 e. The predicted molar refractivity (Wildman–Crippen MR) is 241 cm³/mol. The van der Waals surface area contributed by atoms with Crippen molar-refractivity contribution in [3.8, 4) is 55.6 Å². The molecule has 260 valence electrons. The Bertz CT molecular complexity index is 3260. The van der Waals surface area contributed by atoms with E-state index in [1.165, 1.54) is 109 Å². The van der Waals surface area contributed by atoms with Crippen LogP contribution in [0.15, 0.2) is 218 Å². The third-order valence-corrected chi connectivity index (χ3v) is 11.7. The maximum Gasteiger partial charge on any atom is -0.00261 e. The highest BCUT2D eigenvalue weighted by atomic mass is 14.2. The molecule has 0 saturated carbocycles. The number of rotatable bonds is 5. The van der Waals surface area contributed by atoms with E-state index in [-0.39, 0.29) is 0 Å². The van der Waals surface area contributed by atoms with Gasteiger partial charge in [-0.1, -0.05) is 212 Å². The minimum atomic E-state index is 1.21. The Balaban J connectivity index is 1.14. The molecule has 56 heavy (non-hydrogen) atoms. The van der Waals surface area contributed by atoms with Crippen molar-refractivity contribution in [1.29, 1.82) is 0 Å². The molecule has 0 aliphatic heterocycles. The lowest BCUT2D eigenvalue weighted by molar-refractivity contribution is 1.62. The Morgan fingerprint density at radius 1 is 0.179 bits per heavy atom. The Labute approximate surface area is 326 Å². The summed E-state index contributed by atoms with van der Waals surface area (Å²) in [6, 6.07) is 80.4. The van der Waals surface area contributed by atoms with E-state index < -0.39 is 0 Å². The monoisotopic (exact) mass is 708 g/mol. The van der Waals surface area contributed by atoms with E-state index in [1.807, 2.05) is 0 Å². The SMILES string of the molecule is c1ccc2c(-c3ccc(-c4c5ccccc5c(-c5ccc(-c6cccc7ccccc67)cc5)c5cc(-c6cccc7ccccc67)ccc45)cc3)cccc2c1. The average Bonchev–Trinajstić information content (AvgIpc) is 3.27. The molecule has 11 aromatic carbocycles. The van der Waals surface area contributed by atoms with E-state index in [9.17, 15) is 0 Å². The van der Waals surface area contributed by atoms with Gasteiger partial charge in [0.1, 0.15) is 0 Å². The number of benzene rings is 11. The highest BCUT2D eigenvalue weighted by Gasteiger charge is 2.19. The summed E-state index contributed by atoms with van der Waals surface area (Å²) < 4.78 is 0. The Hall–Kier alpha value is -7.28. The van der Waals surface area contributed by atoms with Gasteiger partial charge >= 0.3 is 0 Å². The summed E-state index contributed by atoms with van der Waals surface area (Å²) in [4.78, 5) is 0. The van der Waals surface area contributed by atoms with Crippen molar-refractivity contribution in [3.05, 3.63) is 218 Å². The maximum absolute atomic E-state index is 2.44. The minimum absolute atomic E-state index is 1.21. The molecule has 0 aliphatic carbocycles. The van der Waals surface area contributed by atoms with Crippen LogP contribution < -0.4 is 0 Å². The predicted octanol–water partition coefficient (Wildman–Crippen LogP) is 15.8. The van der Waals surface area contributed by atoms with Gasteiger partial charge in [0.05, 0.1) is 0 Å². The van der Waals surface area contributed by atoms with Crippen LogP contribution in [0.1, 0.15) is 0 Å². The summed E-state index contributed by atoms with van der Waals surface area (Å²) in [5.74, 6) is 0. The van der Waals surface area contributed by atoms with Crippen molar-refractivity contribution in [3.63, 3.8) is 0 Å². The molecule has 0 atom stereocenters. The fraction of sp³-hybridized carbons (Fsp3) is 0. The van der Waals surface area contributed by atoms with E-state index in [1.54, 1.807) is 0 Å². The summed E-state index contributed by atoms with van der Waals surface area (Å²) in [6.45, 7) is 0. The molecule has 0 spiro atoms. The van der Waals surface area contributed by atoms with Crippen molar-refractivity contribution >= 4 is 53.9 Å². The largest absolute Gasteiger partial charge is 0.0616 e. The van der Waals surface area contributed by atoms with Crippen LogP contribution in [0.25, 0.3) is 109 Å². The lowest BCUT2D eigenvalue weighted by Crippen LogP contribution is -1.92. The number of hydrogen-bond acceptors (Lipinski definition) is 0. The van der Waals surface area contributed by atoms with Crippen LogP contribution in [0.2, 0.25) is 0 Å². The Morgan fingerprint density at radius 2 is 0.482 bits per heavy atom. The van der Waals surface area contributed by atoms with Crippen molar-refractivity contribution < 1.29 is 0 Å². The van der Waals surface area contributed by atoms with E-state index in [0.717, 1.165) is 0 Å². The van der Waals surface area contributed by atoms with Crippen LogP contribution in [-0.2, 0) is 0 Å². The van der Waals surface area contributed by atoms with Crippen LogP contribution in [0.3, 0.4) is 0 Å². The first-order valence-corrected chi connectivity index (χ1v) is 19.4. The normalized spacial score (nSPS) is 11.6. The fourth-order valence-corrected chi connectivity index (χ4v) is 9.03. The maximum atomic E-state index is 2.44. The van der Waals surface area contributed by atoms with Crippen molar-refractivity contribution in [2.45, 2.75) is 0 Å². The van der Waals surface area contributed by atoms with Crippen LogP contribution in [-0.4, -0.2) is 0 Å². The molecule has 0 saturated heterocycles. The molecule has 11 rings (SSSR count). The van der Waals surface area contributed by atoms with Crippen molar-refractivity contribution in [2.75, 3.05) is 0 Å². The summed E-state index contributed by atoms with van der Waals surface area (Å²) >= 11 is 0. The van der Waals surface area contributed by atoms with Crippen molar-refractivity contribution in [2.24, 2.45) is 0 Å². The first-order chi connectivity index (χ1) is 27.8. The zero-order valence-electron chi connectivity index (χ0n) is 30.8. The smallest absolute Gasteiger partial charge is 0.00261 e. The quantitative estimate of drug-likeness (QED) is 0.156. The van der Waals surface area contributed by atoms with Gasteiger partial charge in [-0.15, -0.1) is 0 Å². The Morgan fingerprint density at radius 3 is 0.929 bits per heavy atom. The summed E-state index contributed by atoms with van der Waals surface area (Å²) in [5.41, 5.74) is 12.4. The van der Waals surface area contributed by atoms with Gasteiger partial charge in [-0.2, -0.15) is 0 Å². The molecular formula is C56H36. The van der Waals surface area contributed by atoms with Gasteiger partial charge in [0, 0.05) is 0 Å². The average molecular weight is 709 g/mol.